The molecule has 0 saturated heterocycles. The van der Waals surface area contributed by atoms with E-state index in [0.717, 1.165) is 38.6 Å². The second-order valence-electron chi connectivity index (χ2n) is 6.68. The van der Waals surface area contributed by atoms with Crippen LogP contribution < -0.4 is 0 Å². The Morgan fingerprint density at radius 2 is 1.83 bits per heavy atom. The van der Waals surface area contributed by atoms with E-state index in [-0.39, 0.29) is 11.9 Å². The fourth-order valence-electron chi connectivity index (χ4n) is 3.35. The lowest BCUT2D eigenvalue weighted by Gasteiger charge is -2.41. The van der Waals surface area contributed by atoms with Crippen molar-refractivity contribution in [2.45, 2.75) is 57.2 Å². The van der Waals surface area contributed by atoms with Crippen LogP contribution in [0.1, 0.15) is 44.6 Å². The highest BCUT2D eigenvalue weighted by molar-refractivity contribution is 5.82. The zero-order valence-electron chi connectivity index (χ0n) is 14.5. The van der Waals surface area contributed by atoms with Crippen molar-refractivity contribution in [3.8, 4) is 6.07 Å². The van der Waals surface area contributed by atoms with E-state index in [4.69, 9.17) is 0 Å². The number of carbonyl (C=O) groups excluding carboxylic acids is 1. The van der Waals surface area contributed by atoms with Gasteiger partial charge in [-0.1, -0.05) is 49.6 Å². The van der Waals surface area contributed by atoms with E-state index in [9.17, 15) is 10.1 Å². The fraction of sp³-hybridized carbons (Fsp3) is 0.579. The number of rotatable bonds is 5. The van der Waals surface area contributed by atoms with E-state index in [1.165, 1.54) is 5.56 Å². The Morgan fingerprint density at radius 1 is 1.22 bits per heavy atom. The highest BCUT2D eigenvalue weighted by Gasteiger charge is 2.40. The van der Waals surface area contributed by atoms with Gasteiger partial charge < -0.3 is 4.90 Å². The van der Waals surface area contributed by atoms with Crippen LogP contribution in [0.25, 0.3) is 0 Å². The third-order valence-corrected chi connectivity index (χ3v) is 5.15. The minimum atomic E-state index is -0.614. The second kappa shape index (κ2) is 7.61. The molecule has 0 spiro atoms. The van der Waals surface area contributed by atoms with Gasteiger partial charge in [-0.15, -0.1) is 0 Å². The SMILES string of the molecule is C[C@@H](C(=O)N(C)C1(C#N)CCCCC1)N(C)Cc1ccccc1. The van der Waals surface area contributed by atoms with Gasteiger partial charge in [-0.3, -0.25) is 9.69 Å². The van der Waals surface area contributed by atoms with E-state index in [1.54, 1.807) is 11.9 Å². The van der Waals surface area contributed by atoms with E-state index in [1.807, 2.05) is 37.1 Å². The van der Waals surface area contributed by atoms with Crippen LogP contribution in [0.3, 0.4) is 0 Å². The van der Waals surface area contributed by atoms with Gasteiger partial charge in [0.25, 0.3) is 0 Å². The van der Waals surface area contributed by atoms with Crippen LogP contribution in [0.15, 0.2) is 30.3 Å². The normalized spacial score (nSPS) is 18.2. The Hall–Kier alpha value is -1.86. The van der Waals surface area contributed by atoms with E-state index < -0.39 is 5.54 Å². The molecule has 1 fully saturated rings. The average Bonchev–Trinajstić information content (AvgIpc) is 2.61. The third-order valence-electron chi connectivity index (χ3n) is 5.15. The Kier molecular flexibility index (Phi) is 5.79. The number of nitriles is 1. The van der Waals surface area contributed by atoms with Crippen LogP contribution in [0.2, 0.25) is 0 Å². The molecule has 0 heterocycles. The lowest BCUT2D eigenvalue weighted by molar-refractivity contribution is -0.139. The van der Waals surface area contributed by atoms with Gasteiger partial charge in [-0.05, 0) is 32.4 Å². The van der Waals surface area contributed by atoms with E-state index >= 15 is 0 Å². The zero-order valence-corrected chi connectivity index (χ0v) is 14.5. The zero-order chi connectivity index (χ0) is 16.9. The molecule has 2 rings (SSSR count). The summed E-state index contributed by atoms with van der Waals surface area (Å²) in [7, 11) is 3.76. The van der Waals surface area contributed by atoms with Crippen LogP contribution in [-0.2, 0) is 11.3 Å². The van der Waals surface area contributed by atoms with Gasteiger partial charge >= 0.3 is 0 Å². The predicted molar refractivity (Wildman–Crippen MR) is 91.6 cm³/mol. The first-order valence-corrected chi connectivity index (χ1v) is 8.43. The lowest BCUT2D eigenvalue weighted by atomic mass is 9.81. The smallest absolute Gasteiger partial charge is 0.240 e. The highest BCUT2D eigenvalue weighted by Crippen LogP contribution is 2.33. The summed E-state index contributed by atoms with van der Waals surface area (Å²) in [6, 6.07) is 12.3. The predicted octanol–water partition coefficient (Wildman–Crippen LogP) is 3.19. The summed E-state index contributed by atoms with van der Waals surface area (Å²) in [6.45, 7) is 2.65. The fourth-order valence-corrected chi connectivity index (χ4v) is 3.35. The van der Waals surface area contributed by atoms with Gasteiger partial charge in [-0.25, -0.2) is 0 Å². The van der Waals surface area contributed by atoms with Gasteiger partial charge in [-0.2, -0.15) is 5.26 Å². The molecular weight excluding hydrogens is 286 g/mol. The molecule has 1 amide bonds. The van der Waals surface area contributed by atoms with Crippen LogP contribution in [0, 0.1) is 11.3 Å². The first-order chi connectivity index (χ1) is 11.0. The molecular formula is C19H27N3O. The van der Waals surface area contributed by atoms with Crippen molar-refractivity contribution in [3.05, 3.63) is 35.9 Å². The highest BCUT2D eigenvalue weighted by atomic mass is 16.2. The average molecular weight is 313 g/mol. The van der Waals surface area contributed by atoms with Crippen molar-refractivity contribution in [2.24, 2.45) is 0 Å². The van der Waals surface area contributed by atoms with Crippen molar-refractivity contribution in [3.63, 3.8) is 0 Å². The molecule has 124 valence electrons. The van der Waals surface area contributed by atoms with Crippen LogP contribution in [0.4, 0.5) is 0 Å². The Labute approximate surface area is 139 Å². The molecule has 1 atom stereocenters. The van der Waals surface area contributed by atoms with Crippen LogP contribution in [0.5, 0.6) is 0 Å². The molecule has 0 aliphatic heterocycles. The summed E-state index contributed by atoms with van der Waals surface area (Å²) in [5, 5.41) is 9.66. The van der Waals surface area contributed by atoms with Crippen molar-refractivity contribution in [1.82, 2.24) is 9.80 Å². The Balaban J connectivity index is 2.04. The largest absolute Gasteiger partial charge is 0.326 e. The molecule has 1 aliphatic carbocycles. The van der Waals surface area contributed by atoms with Crippen molar-refractivity contribution >= 4 is 5.91 Å². The minimum Gasteiger partial charge on any atom is -0.326 e. The number of nitrogens with zero attached hydrogens (tertiary/aromatic N) is 3. The molecule has 23 heavy (non-hydrogen) atoms. The molecule has 0 radical (unpaired) electrons. The number of likely N-dealkylation sites (N-methyl/N-ethyl adjacent to an activating group) is 2. The second-order valence-corrected chi connectivity index (χ2v) is 6.68. The monoisotopic (exact) mass is 313 g/mol. The number of carbonyl (C=O) groups is 1. The van der Waals surface area contributed by atoms with Crippen molar-refractivity contribution in [2.75, 3.05) is 14.1 Å². The van der Waals surface area contributed by atoms with Crippen LogP contribution >= 0.6 is 0 Å². The molecule has 0 bridgehead atoms. The molecule has 1 saturated carbocycles. The van der Waals surface area contributed by atoms with Crippen molar-refractivity contribution < 1.29 is 4.79 Å². The van der Waals surface area contributed by atoms with Crippen molar-refractivity contribution in [1.29, 1.82) is 5.26 Å². The van der Waals surface area contributed by atoms with Gasteiger partial charge in [0.05, 0.1) is 12.1 Å². The molecule has 1 aliphatic rings. The number of hydrogen-bond acceptors (Lipinski definition) is 3. The summed E-state index contributed by atoms with van der Waals surface area (Å²) < 4.78 is 0. The summed E-state index contributed by atoms with van der Waals surface area (Å²) in [6.07, 6.45) is 4.80. The maximum atomic E-state index is 12.9. The number of hydrogen-bond donors (Lipinski definition) is 0. The molecule has 0 aromatic heterocycles. The van der Waals surface area contributed by atoms with E-state index in [0.29, 0.717) is 0 Å². The quantitative estimate of drug-likeness (QED) is 0.838. The Morgan fingerprint density at radius 3 is 2.39 bits per heavy atom. The summed E-state index contributed by atoms with van der Waals surface area (Å²) in [5.74, 6) is 0.0341. The van der Waals surface area contributed by atoms with E-state index in [2.05, 4.69) is 18.2 Å². The Bertz CT molecular complexity index is 558. The van der Waals surface area contributed by atoms with Gasteiger partial charge in [0.15, 0.2) is 0 Å². The molecule has 4 nitrogen and oxygen atoms in total. The summed E-state index contributed by atoms with van der Waals surface area (Å²) >= 11 is 0. The molecule has 0 unspecified atom stereocenters. The number of amides is 1. The van der Waals surface area contributed by atoms with Gasteiger partial charge in [0, 0.05) is 13.6 Å². The number of benzene rings is 1. The first-order valence-electron chi connectivity index (χ1n) is 8.43. The minimum absolute atomic E-state index is 0.0341. The molecule has 0 N–H and O–H groups in total. The maximum Gasteiger partial charge on any atom is 0.240 e. The van der Waals surface area contributed by atoms with Gasteiger partial charge in [0.1, 0.15) is 5.54 Å². The first kappa shape index (κ1) is 17.5. The maximum absolute atomic E-state index is 12.9. The molecule has 1 aromatic rings. The van der Waals surface area contributed by atoms with Crippen LogP contribution in [-0.4, -0.2) is 41.4 Å². The summed E-state index contributed by atoms with van der Waals surface area (Å²) in [4.78, 5) is 16.6. The third kappa shape index (κ3) is 3.92. The standard InChI is InChI=1S/C19H27N3O/c1-16(21(2)14-17-10-6-4-7-11-17)18(23)22(3)19(15-20)12-8-5-9-13-19/h4,6-7,10-11,16H,5,8-9,12-14H2,1-3H3/t16-/m0/s1. The molecule has 1 aromatic carbocycles. The molecule has 4 heteroatoms. The topological polar surface area (TPSA) is 47.3 Å². The summed E-state index contributed by atoms with van der Waals surface area (Å²) in [5.41, 5.74) is 0.571. The van der Waals surface area contributed by atoms with Gasteiger partial charge in [0.2, 0.25) is 5.91 Å². The lowest BCUT2D eigenvalue weighted by Crippen LogP contribution is -2.55.